The van der Waals surface area contributed by atoms with Gasteiger partial charge < -0.3 is 10.4 Å². The molecule has 1 saturated carbocycles. The molecule has 1 atom stereocenters. The van der Waals surface area contributed by atoms with Crippen molar-refractivity contribution in [3.8, 4) is 0 Å². The van der Waals surface area contributed by atoms with Crippen LogP contribution in [0.5, 0.6) is 0 Å². The number of rotatable bonds is 4. The lowest BCUT2D eigenvalue weighted by atomic mass is 9.85. The average Bonchev–Trinajstić information content (AvgIpc) is 2.99. The van der Waals surface area contributed by atoms with Crippen molar-refractivity contribution in [1.29, 1.82) is 0 Å². The van der Waals surface area contributed by atoms with Crippen LogP contribution in [0, 0.1) is 11.3 Å². The van der Waals surface area contributed by atoms with Crippen LogP contribution in [0.3, 0.4) is 0 Å². The van der Waals surface area contributed by atoms with E-state index < -0.39 is 11.4 Å². The van der Waals surface area contributed by atoms with Gasteiger partial charge in [-0.3, -0.25) is 9.59 Å². The fraction of sp³-hybridized carbons (Fsp3) is 0.500. The first-order chi connectivity index (χ1) is 9.14. The standard InChI is InChI=1S/C16H21NO3/c1-15(2)9-12(15)13(18)17-11-7-5-10(6-8-11)16(3,4)14(19)20/h5-8,12H,9H2,1-4H3,(H,17,18)(H,19,20)/t12-/m1/s1. The molecule has 1 aliphatic rings. The predicted octanol–water partition coefficient (Wildman–Crippen LogP) is 3.03. The minimum Gasteiger partial charge on any atom is -0.481 e. The molecule has 0 saturated heterocycles. The molecular formula is C16H21NO3. The van der Waals surface area contributed by atoms with Gasteiger partial charge in [0.2, 0.25) is 5.91 Å². The molecule has 0 bridgehead atoms. The fourth-order valence-electron chi connectivity index (χ4n) is 2.24. The molecule has 0 aromatic heterocycles. The highest BCUT2D eigenvalue weighted by Gasteiger charge is 2.50. The molecule has 0 radical (unpaired) electrons. The van der Waals surface area contributed by atoms with Crippen LogP contribution < -0.4 is 5.32 Å². The van der Waals surface area contributed by atoms with Gasteiger partial charge in [0.25, 0.3) is 0 Å². The third-order valence-electron chi connectivity index (χ3n) is 4.24. The van der Waals surface area contributed by atoms with Crippen molar-refractivity contribution >= 4 is 17.6 Å². The normalized spacial score (nSPS) is 20.3. The van der Waals surface area contributed by atoms with Crippen molar-refractivity contribution < 1.29 is 14.7 Å². The number of anilines is 1. The number of nitrogens with one attached hydrogen (secondary N) is 1. The second-order valence-electron chi connectivity index (χ2n) is 6.74. The van der Waals surface area contributed by atoms with Gasteiger partial charge in [0.1, 0.15) is 0 Å². The Morgan fingerprint density at radius 2 is 1.75 bits per heavy atom. The van der Waals surface area contributed by atoms with E-state index in [1.165, 1.54) is 0 Å². The molecule has 0 spiro atoms. The average molecular weight is 275 g/mol. The summed E-state index contributed by atoms with van der Waals surface area (Å²) >= 11 is 0. The molecule has 108 valence electrons. The minimum atomic E-state index is -0.930. The first kappa shape index (κ1) is 14.6. The van der Waals surface area contributed by atoms with Crippen LogP contribution in [0.4, 0.5) is 5.69 Å². The highest BCUT2D eigenvalue weighted by atomic mass is 16.4. The van der Waals surface area contributed by atoms with Crippen LogP contribution in [0.15, 0.2) is 24.3 Å². The lowest BCUT2D eigenvalue weighted by Crippen LogP contribution is -2.28. The van der Waals surface area contributed by atoms with Crippen LogP contribution in [0.1, 0.15) is 39.7 Å². The molecule has 0 unspecified atom stereocenters. The molecule has 2 rings (SSSR count). The third kappa shape index (κ3) is 2.69. The van der Waals surface area contributed by atoms with Crippen LogP contribution in [-0.2, 0) is 15.0 Å². The van der Waals surface area contributed by atoms with Gasteiger partial charge >= 0.3 is 5.97 Å². The maximum absolute atomic E-state index is 12.0. The van der Waals surface area contributed by atoms with E-state index in [-0.39, 0.29) is 17.2 Å². The van der Waals surface area contributed by atoms with Gasteiger partial charge in [-0.25, -0.2) is 0 Å². The minimum absolute atomic E-state index is 0.0419. The number of aliphatic carboxylic acids is 1. The zero-order chi connectivity index (χ0) is 15.1. The quantitative estimate of drug-likeness (QED) is 0.887. The molecule has 1 fully saturated rings. The third-order valence-corrected chi connectivity index (χ3v) is 4.24. The summed E-state index contributed by atoms with van der Waals surface area (Å²) in [4.78, 5) is 23.2. The van der Waals surface area contributed by atoms with E-state index in [1.54, 1.807) is 38.1 Å². The summed E-state index contributed by atoms with van der Waals surface area (Å²) in [6, 6.07) is 7.02. The molecular weight excluding hydrogens is 254 g/mol. The zero-order valence-electron chi connectivity index (χ0n) is 12.4. The predicted molar refractivity (Wildman–Crippen MR) is 77.6 cm³/mol. The van der Waals surface area contributed by atoms with Gasteiger partial charge in [0.15, 0.2) is 0 Å². The van der Waals surface area contributed by atoms with Crippen LogP contribution in [0.25, 0.3) is 0 Å². The molecule has 1 aromatic carbocycles. The number of benzene rings is 1. The Balaban J connectivity index is 2.06. The molecule has 1 amide bonds. The number of carboxylic acids is 1. The largest absolute Gasteiger partial charge is 0.481 e. The maximum Gasteiger partial charge on any atom is 0.313 e. The lowest BCUT2D eigenvalue weighted by Gasteiger charge is -2.20. The van der Waals surface area contributed by atoms with E-state index in [0.717, 1.165) is 12.0 Å². The number of carbonyl (C=O) groups is 2. The van der Waals surface area contributed by atoms with E-state index in [1.807, 2.05) is 0 Å². The van der Waals surface area contributed by atoms with Crippen molar-refractivity contribution in [2.45, 2.75) is 39.5 Å². The second kappa shape index (κ2) is 4.62. The molecule has 2 N–H and O–H groups in total. The number of hydrogen-bond acceptors (Lipinski definition) is 2. The van der Waals surface area contributed by atoms with E-state index in [0.29, 0.717) is 5.69 Å². The number of amides is 1. The first-order valence-corrected chi connectivity index (χ1v) is 6.79. The van der Waals surface area contributed by atoms with Gasteiger partial charge in [-0.1, -0.05) is 26.0 Å². The van der Waals surface area contributed by atoms with Gasteiger partial charge in [-0.05, 0) is 43.4 Å². The van der Waals surface area contributed by atoms with Gasteiger partial charge in [0, 0.05) is 11.6 Å². The molecule has 0 aliphatic heterocycles. The Labute approximate surface area is 119 Å². The summed E-state index contributed by atoms with van der Waals surface area (Å²) in [6.07, 6.45) is 0.920. The SMILES string of the molecule is CC(C)(C(=O)O)c1ccc(NC(=O)[C@H]2CC2(C)C)cc1. The summed E-state index contributed by atoms with van der Waals surface area (Å²) in [6.45, 7) is 7.48. The smallest absolute Gasteiger partial charge is 0.313 e. The number of carboxylic acid groups (broad SMARTS) is 1. The van der Waals surface area contributed by atoms with Gasteiger partial charge in [0.05, 0.1) is 5.41 Å². The summed E-state index contributed by atoms with van der Waals surface area (Å²) < 4.78 is 0. The van der Waals surface area contributed by atoms with Crippen molar-refractivity contribution in [3.05, 3.63) is 29.8 Å². The van der Waals surface area contributed by atoms with Crippen LogP contribution in [0.2, 0.25) is 0 Å². The van der Waals surface area contributed by atoms with E-state index in [9.17, 15) is 14.7 Å². The molecule has 0 heterocycles. The Morgan fingerprint density at radius 3 is 2.15 bits per heavy atom. The first-order valence-electron chi connectivity index (χ1n) is 6.79. The van der Waals surface area contributed by atoms with Crippen molar-refractivity contribution in [1.82, 2.24) is 0 Å². The molecule has 1 aliphatic carbocycles. The van der Waals surface area contributed by atoms with E-state index >= 15 is 0 Å². The summed E-state index contributed by atoms with van der Waals surface area (Å²) in [5.74, 6) is -0.744. The highest BCUT2D eigenvalue weighted by Crippen LogP contribution is 2.51. The lowest BCUT2D eigenvalue weighted by molar-refractivity contribution is -0.142. The van der Waals surface area contributed by atoms with Gasteiger partial charge in [-0.2, -0.15) is 0 Å². The summed E-state index contributed by atoms with van der Waals surface area (Å²) in [5.41, 5.74) is 0.605. The zero-order valence-corrected chi connectivity index (χ0v) is 12.4. The Hall–Kier alpha value is -1.84. The van der Waals surface area contributed by atoms with Crippen LogP contribution >= 0.6 is 0 Å². The number of hydrogen-bond donors (Lipinski definition) is 2. The van der Waals surface area contributed by atoms with Crippen molar-refractivity contribution in [3.63, 3.8) is 0 Å². The Bertz CT molecular complexity index is 543. The van der Waals surface area contributed by atoms with E-state index in [4.69, 9.17) is 0 Å². The van der Waals surface area contributed by atoms with Crippen molar-refractivity contribution in [2.75, 3.05) is 5.32 Å². The highest BCUT2D eigenvalue weighted by molar-refractivity contribution is 5.95. The maximum atomic E-state index is 12.0. The van der Waals surface area contributed by atoms with Crippen LogP contribution in [-0.4, -0.2) is 17.0 Å². The second-order valence-corrected chi connectivity index (χ2v) is 6.74. The van der Waals surface area contributed by atoms with Gasteiger partial charge in [-0.15, -0.1) is 0 Å². The molecule has 4 heteroatoms. The topological polar surface area (TPSA) is 66.4 Å². The molecule has 20 heavy (non-hydrogen) atoms. The van der Waals surface area contributed by atoms with Crippen molar-refractivity contribution in [2.24, 2.45) is 11.3 Å². The fourth-order valence-corrected chi connectivity index (χ4v) is 2.24. The van der Waals surface area contributed by atoms with E-state index in [2.05, 4.69) is 19.2 Å². The summed E-state index contributed by atoms with van der Waals surface area (Å²) in [7, 11) is 0. The molecule has 4 nitrogen and oxygen atoms in total. The number of carbonyl (C=O) groups excluding carboxylic acids is 1. The summed E-state index contributed by atoms with van der Waals surface area (Å²) in [5, 5.41) is 12.1. The molecule has 1 aromatic rings. The monoisotopic (exact) mass is 275 g/mol. The Kier molecular flexibility index (Phi) is 3.36. The Morgan fingerprint density at radius 1 is 1.25 bits per heavy atom.